The number of hydrogen-bond donors (Lipinski definition) is 2. The van der Waals surface area contributed by atoms with Crippen LogP contribution in [-0.2, 0) is 20.9 Å². The molecule has 3 amide bonds. The van der Waals surface area contributed by atoms with Gasteiger partial charge in [0.2, 0.25) is 5.88 Å². The predicted octanol–water partition coefficient (Wildman–Crippen LogP) is 25.2. The minimum absolute atomic E-state index is 0.00326. The maximum atomic E-state index is 14.2. The quantitative estimate of drug-likeness (QED) is 0.0390. The summed E-state index contributed by atoms with van der Waals surface area (Å²) in [7, 11) is 0. The van der Waals surface area contributed by atoms with Crippen LogP contribution >= 0.6 is 0 Å². The molecular formula is C85H145N3O5. The number of amides is 3. The fraction of sp³-hybridized carbons (Fsp3) is 0.800. The van der Waals surface area contributed by atoms with Gasteiger partial charge in [0.05, 0.1) is 0 Å². The molecule has 1 aromatic heterocycles. The van der Waals surface area contributed by atoms with Gasteiger partial charge in [-0.1, -0.05) is 328 Å². The van der Waals surface area contributed by atoms with E-state index in [0.717, 1.165) is 104 Å². The van der Waals surface area contributed by atoms with Crippen LogP contribution in [0.15, 0.2) is 54.6 Å². The number of carbonyl (C=O) groups excluding carboxylic acids is 3. The molecule has 0 bridgehead atoms. The van der Waals surface area contributed by atoms with Crippen LogP contribution in [0.4, 0.5) is 5.69 Å². The first-order valence-electron chi connectivity index (χ1n) is 40.8. The molecule has 2 aliphatic carbocycles. The highest BCUT2D eigenvalue weighted by molar-refractivity contribution is 6.12. The SMILES string of the molecule is CCCCCCCCC1C(CCCCCC)CCC(CCCC)C1CCCCCCCCN(C(=O)C=Cc1ccccc1)c1cc(O)n(CCCCCCCCC2C(CCCCCCCCN3C(=O)C=CC3=O)CCC(CCCCCC)C2CCCCCCCC)c1O. The predicted molar refractivity (Wildman–Crippen MR) is 398 cm³/mol. The maximum absolute atomic E-state index is 14.2. The van der Waals surface area contributed by atoms with Crippen molar-refractivity contribution in [2.45, 2.75) is 375 Å². The molecule has 3 aliphatic rings. The first-order chi connectivity index (χ1) is 45.6. The van der Waals surface area contributed by atoms with Gasteiger partial charge >= 0.3 is 0 Å². The second kappa shape index (κ2) is 50.5. The van der Waals surface area contributed by atoms with Crippen molar-refractivity contribution < 1.29 is 24.6 Å². The lowest BCUT2D eigenvalue weighted by Gasteiger charge is -2.44. The lowest BCUT2D eigenvalue weighted by molar-refractivity contribution is -0.136. The number of rotatable bonds is 57. The van der Waals surface area contributed by atoms with Crippen LogP contribution < -0.4 is 4.90 Å². The largest absolute Gasteiger partial charge is 0.494 e. The zero-order valence-corrected chi connectivity index (χ0v) is 61.2. The molecule has 8 heteroatoms. The van der Waals surface area contributed by atoms with Crippen molar-refractivity contribution in [2.24, 2.45) is 47.3 Å². The van der Waals surface area contributed by atoms with E-state index in [2.05, 4.69) is 34.6 Å². The number of imide groups is 1. The summed E-state index contributed by atoms with van der Waals surface area (Å²) in [6.45, 7) is 13.3. The van der Waals surface area contributed by atoms with E-state index in [9.17, 15) is 24.6 Å². The van der Waals surface area contributed by atoms with Gasteiger partial charge in [-0.2, -0.15) is 0 Å². The van der Waals surface area contributed by atoms with Crippen molar-refractivity contribution in [1.29, 1.82) is 0 Å². The summed E-state index contributed by atoms with van der Waals surface area (Å²) in [5, 5.41) is 23.2. The molecule has 2 saturated carbocycles. The molecule has 530 valence electrons. The summed E-state index contributed by atoms with van der Waals surface area (Å²) in [6.07, 6.45) is 74.7. The summed E-state index contributed by atoms with van der Waals surface area (Å²) < 4.78 is 1.63. The van der Waals surface area contributed by atoms with Gasteiger partial charge in [0.25, 0.3) is 17.7 Å². The molecule has 5 rings (SSSR count). The van der Waals surface area contributed by atoms with E-state index in [4.69, 9.17) is 0 Å². The van der Waals surface area contributed by atoms with Crippen LogP contribution in [0.5, 0.6) is 11.8 Å². The third kappa shape index (κ3) is 31.1. The summed E-state index contributed by atoms with van der Waals surface area (Å²) >= 11 is 0. The van der Waals surface area contributed by atoms with Gasteiger partial charge in [-0.3, -0.25) is 23.9 Å². The summed E-state index contributed by atoms with van der Waals surface area (Å²) in [4.78, 5) is 41.3. The topological polar surface area (TPSA) is 103 Å². The number of carbonyl (C=O) groups is 3. The minimum atomic E-state index is -0.166. The average molecular weight is 1290 g/mol. The smallest absolute Gasteiger partial charge is 0.253 e. The molecular weight excluding hydrogens is 1140 g/mol. The molecule has 0 radical (unpaired) electrons. The van der Waals surface area contributed by atoms with Crippen LogP contribution in [0, 0.1) is 47.3 Å². The number of hydrogen-bond acceptors (Lipinski definition) is 5. The van der Waals surface area contributed by atoms with E-state index < -0.39 is 0 Å². The van der Waals surface area contributed by atoms with E-state index in [1.807, 2.05) is 36.4 Å². The van der Waals surface area contributed by atoms with E-state index >= 15 is 0 Å². The van der Waals surface area contributed by atoms with E-state index in [1.54, 1.807) is 21.6 Å². The van der Waals surface area contributed by atoms with Gasteiger partial charge in [-0.25, -0.2) is 0 Å². The highest BCUT2D eigenvalue weighted by Gasteiger charge is 2.39. The first kappa shape index (κ1) is 79.9. The minimum Gasteiger partial charge on any atom is -0.494 e. The third-order valence-electron chi connectivity index (χ3n) is 23.2. The van der Waals surface area contributed by atoms with Crippen LogP contribution in [0.3, 0.4) is 0 Å². The number of aromatic hydroxyl groups is 2. The normalized spacial score (nSPS) is 20.9. The average Bonchev–Trinajstić information content (AvgIpc) is 1.85. The lowest BCUT2D eigenvalue weighted by atomic mass is 9.61. The van der Waals surface area contributed by atoms with Crippen molar-refractivity contribution in [3.8, 4) is 11.8 Å². The molecule has 0 spiro atoms. The molecule has 1 aromatic carbocycles. The summed E-state index contributed by atoms with van der Waals surface area (Å²) in [5.74, 6) is 6.71. The lowest BCUT2D eigenvalue weighted by Crippen LogP contribution is -2.35. The fourth-order valence-corrected chi connectivity index (χ4v) is 17.6. The van der Waals surface area contributed by atoms with Crippen molar-refractivity contribution in [1.82, 2.24) is 9.47 Å². The Hall–Kier alpha value is -3.81. The Balaban J connectivity index is 1.11. The van der Waals surface area contributed by atoms with Crippen LogP contribution in [0.2, 0.25) is 0 Å². The van der Waals surface area contributed by atoms with Crippen LogP contribution in [0.1, 0.15) is 374 Å². The maximum Gasteiger partial charge on any atom is 0.253 e. The zero-order valence-electron chi connectivity index (χ0n) is 61.2. The standard InChI is InChI=1S/C85H145N3O5/c1-6-11-16-20-29-42-56-77-73(52-39-18-13-8-3)61-60-72(51-15-10-5)76(77)55-44-31-23-26-33-46-67-86(81(89)64-59-71-49-37-36-38-50-71)80-70-84(92)88(85(80)93)69-48-35-27-24-32-45-58-79-75(54-41-28-22-25-34-47-68-87-82(90)65-66-83(87)91)63-62-74(53-40-19-14-9-4)78(79)57-43-30-21-17-12-7-2/h36-38,49-50,59,64-66,70,72-79,92-93H,6-35,39-48,51-58,60-63,67-69H2,1-5H3. The number of nitrogens with zero attached hydrogens (tertiary/aromatic N) is 3. The molecule has 2 aromatic rings. The van der Waals surface area contributed by atoms with Crippen LogP contribution in [0.25, 0.3) is 6.08 Å². The monoisotopic (exact) mass is 1290 g/mol. The van der Waals surface area contributed by atoms with E-state index in [0.29, 0.717) is 25.3 Å². The Morgan fingerprint density at radius 1 is 0.419 bits per heavy atom. The molecule has 8 nitrogen and oxygen atoms in total. The molecule has 0 saturated heterocycles. The molecule has 2 N–H and O–H groups in total. The Kier molecular flexibility index (Phi) is 43.4. The number of anilines is 1. The van der Waals surface area contributed by atoms with Crippen molar-refractivity contribution in [3.63, 3.8) is 0 Å². The first-order valence-corrected chi connectivity index (χ1v) is 40.8. The number of aromatic nitrogens is 1. The van der Waals surface area contributed by atoms with E-state index in [1.165, 1.54) is 300 Å². The zero-order chi connectivity index (χ0) is 66.4. The third-order valence-corrected chi connectivity index (χ3v) is 23.2. The highest BCUT2D eigenvalue weighted by Crippen LogP contribution is 2.50. The number of benzene rings is 1. The molecule has 8 atom stereocenters. The summed E-state index contributed by atoms with van der Waals surface area (Å²) in [6, 6.07) is 11.6. The highest BCUT2D eigenvalue weighted by atomic mass is 16.3. The van der Waals surface area contributed by atoms with Crippen LogP contribution in [-0.4, -0.2) is 50.5 Å². The van der Waals surface area contributed by atoms with Crippen molar-refractivity contribution >= 4 is 29.5 Å². The Morgan fingerprint density at radius 2 is 0.753 bits per heavy atom. The second-order valence-electron chi connectivity index (χ2n) is 30.3. The van der Waals surface area contributed by atoms with Crippen molar-refractivity contribution in [2.75, 3.05) is 18.0 Å². The Bertz CT molecular complexity index is 2250. The Labute approximate surface area is 572 Å². The molecule has 8 unspecified atom stereocenters. The summed E-state index contributed by atoms with van der Waals surface area (Å²) in [5.41, 5.74) is 1.38. The molecule has 93 heavy (non-hydrogen) atoms. The fourth-order valence-electron chi connectivity index (χ4n) is 17.6. The van der Waals surface area contributed by atoms with Gasteiger partial charge in [-0.05, 0) is 130 Å². The van der Waals surface area contributed by atoms with Gasteiger partial charge in [0.1, 0.15) is 5.69 Å². The Morgan fingerprint density at radius 3 is 1.16 bits per heavy atom. The molecule has 2 fully saturated rings. The van der Waals surface area contributed by atoms with Gasteiger partial charge in [-0.15, -0.1) is 0 Å². The van der Waals surface area contributed by atoms with Gasteiger partial charge in [0.15, 0.2) is 5.88 Å². The molecule has 1 aliphatic heterocycles. The van der Waals surface area contributed by atoms with Gasteiger partial charge in [0, 0.05) is 43.9 Å². The number of unbranched alkanes of at least 4 members (excludes halogenated alkanes) is 32. The van der Waals surface area contributed by atoms with Crippen molar-refractivity contribution in [3.05, 3.63) is 60.2 Å². The van der Waals surface area contributed by atoms with Gasteiger partial charge < -0.3 is 15.1 Å². The van der Waals surface area contributed by atoms with E-state index in [-0.39, 0.29) is 29.5 Å². The second-order valence-corrected chi connectivity index (χ2v) is 30.3. The molecule has 2 heterocycles.